The second-order valence-corrected chi connectivity index (χ2v) is 5.10. The largest absolute Gasteiger partial charge is 0.312 e. The Hall–Kier alpha value is -1.49. The summed E-state index contributed by atoms with van der Waals surface area (Å²) in [5.41, 5.74) is 0.366. The molecule has 0 atom stereocenters. The Kier molecular flexibility index (Phi) is 6.42. The van der Waals surface area contributed by atoms with E-state index < -0.39 is 10.7 Å². The first-order valence-corrected chi connectivity index (χ1v) is 6.64. The summed E-state index contributed by atoms with van der Waals surface area (Å²) in [5, 5.41) is 13.9. The van der Waals surface area contributed by atoms with E-state index in [-0.39, 0.29) is 5.69 Å². The zero-order chi connectivity index (χ0) is 14.3. The molecule has 5 heteroatoms. The molecule has 0 bridgehead atoms. The highest BCUT2D eigenvalue weighted by Gasteiger charge is 2.13. The number of benzene rings is 1. The van der Waals surface area contributed by atoms with Crippen LogP contribution in [-0.4, -0.2) is 11.5 Å². The van der Waals surface area contributed by atoms with E-state index in [1.165, 1.54) is 18.6 Å². The SMILES string of the molecule is CC(C)CCCCNCc1cc(F)ccc1[N+](=O)[O-]. The van der Waals surface area contributed by atoms with Crippen molar-refractivity contribution in [2.75, 3.05) is 6.54 Å². The minimum absolute atomic E-state index is 0.0314. The van der Waals surface area contributed by atoms with Crippen molar-refractivity contribution < 1.29 is 9.31 Å². The first kappa shape index (κ1) is 15.6. The maximum absolute atomic E-state index is 13.1. The minimum atomic E-state index is -0.477. The van der Waals surface area contributed by atoms with E-state index in [9.17, 15) is 14.5 Å². The molecule has 0 aliphatic heterocycles. The van der Waals surface area contributed by atoms with Crippen molar-refractivity contribution in [1.82, 2.24) is 5.32 Å². The summed E-state index contributed by atoms with van der Waals surface area (Å²) in [4.78, 5) is 10.3. The Labute approximate surface area is 113 Å². The van der Waals surface area contributed by atoms with E-state index in [2.05, 4.69) is 19.2 Å². The van der Waals surface area contributed by atoms with Gasteiger partial charge in [-0.25, -0.2) is 4.39 Å². The average molecular weight is 268 g/mol. The molecule has 0 saturated carbocycles. The third-order valence-electron chi connectivity index (χ3n) is 2.94. The molecule has 19 heavy (non-hydrogen) atoms. The number of hydrogen-bond acceptors (Lipinski definition) is 3. The minimum Gasteiger partial charge on any atom is -0.312 e. The molecule has 0 saturated heterocycles. The van der Waals surface area contributed by atoms with E-state index >= 15 is 0 Å². The summed E-state index contributed by atoms with van der Waals surface area (Å²) >= 11 is 0. The van der Waals surface area contributed by atoms with Crippen molar-refractivity contribution in [1.29, 1.82) is 0 Å². The molecule has 0 aromatic heterocycles. The fourth-order valence-corrected chi connectivity index (χ4v) is 1.90. The van der Waals surface area contributed by atoms with Crippen LogP contribution in [-0.2, 0) is 6.54 Å². The Morgan fingerprint density at radius 1 is 1.37 bits per heavy atom. The van der Waals surface area contributed by atoms with Crippen molar-refractivity contribution in [2.45, 2.75) is 39.7 Å². The van der Waals surface area contributed by atoms with Crippen LogP contribution in [0.4, 0.5) is 10.1 Å². The normalized spacial score (nSPS) is 10.9. The van der Waals surface area contributed by atoms with Gasteiger partial charge in [-0.3, -0.25) is 10.1 Å². The van der Waals surface area contributed by atoms with Crippen LogP contribution in [0.25, 0.3) is 0 Å². The van der Waals surface area contributed by atoms with Gasteiger partial charge in [0.2, 0.25) is 0 Å². The van der Waals surface area contributed by atoms with Crippen LogP contribution in [0.5, 0.6) is 0 Å². The third-order valence-corrected chi connectivity index (χ3v) is 2.94. The highest BCUT2D eigenvalue weighted by atomic mass is 19.1. The average Bonchev–Trinajstić information content (AvgIpc) is 2.33. The lowest BCUT2D eigenvalue weighted by Crippen LogP contribution is -2.16. The van der Waals surface area contributed by atoms with Crippen LogP contribution in [0.1, 0.15) is 38.7 Å². The maximum Gasteiger partial charge on any atom is 0.274 e. The van der Waals surface area contributed by atoms with Gasteiger partial charge in [-0.2, -0.15) is 0 Å². The van der Waals surface area contributed by atoms with E-state index in [4.69, 9.17) is 0 Å². The van der Waals surface area contributed by atoms with Gasteiger partial charge in [-0.05, 0) is 31.0 Å². The molecule has 1 aromatic rings. The van der Waals surface area contributed by atoms with Gasteiger partial charge in [0.15, 0.2) is 0 Å². The van der Waals surface area contributed by atoms with Crippen molar-refractivity contribution in [2.24, 2.45) is 5.92 Å². The Morgan fingerprint density at radius 3 is 2.74 bits per heavy atom. The van der Waals surface area contributed by atoms with Gasteiger partial charge < -0.3 is 5.32 Å². The molecule has 0 radical (unpaired) electrons. The molecule has 0 spiro atoms. The number of hydrogen-bond donors (Lipinski definition) is 1. The lowest BCUT2D eigenvalue weighted by atomic mass is 10.1. The number of nitrogens with one attached hydrogen (secondary N) is 1. The number of nitro benzene ring substituents is 1. The van der Waals surface area contributed by atoms with Gasteiger partial charge >= 0.3 is 0 Å². The molecular formula is C14H21FN2O2. The predicted molar refractivity (Wildman–Crippen MR) is 73.5 cm³/mol. The van der Waals surface area contributed by atoms with Crippen molar-refractivity contribution in [3.05, 3.63) is 39.7 Å². The van der Waals surface area contributed by atoms with Crippen LogP contribution in [0.3, 0.4) is 0 Å². The van der Waals surface area contributed by atoms with Crippen molar-refractivity contribution in [3.8, 4) is 0 Å². The number of nitro groups is 1. The molecule has 1 rings (SSSR count). The van der Waals surface area contributed by atoms with E-state index in [0.717, 1.165) is 25.5 Å². The standard InChI is InChI=1S/C14H21FN2O2/c1-11(2)5-3-4-8-16-10-12-9-13(15)6-7-14(12)17(18)19/h6-7,9,11,16H,3-5,8,10H2,1-2H3. The van der Waals surface area contributed by atoms with Crippen LogP contribution < -0.4 is 5.32 Å². The summed E-state index contributed by atoms with van der Waals surface area (Å²) in [5.74, 6) is 0.256. The highest BCUT2D eigenvalue weighted by molar-refractivity contribution is 5.40. The van der Waals surface area contributed by atoms with Crippen LogP contribution in [0, 0.1) is 21.8 Å². The van der Waals surface area contributed by atoms with Crippen molar-refractivity contribution >= 4 is 5.69 Å². The van der Waals surface area contributed by atoms with Crippen LogP contribution in [0.2, 0.25) is 0 Å². The van der Waals surface area contributed by atoms with E-state index in [1.54, 1.807) is 0 Å². The van der Waals surface area contributed by atoms with E-state index in [1.807, 2.05) is 0 Å². The summed E-state index contributed by atoms with van der Waals surface area (Å²) < 4.78 is 13.1. The Morgan fingerprint density at radius 2 is 2.11 bits per heavy atom. The summed E-state index contributed by atoms with van der Waals surface area (Å²) in [6.45, 7) is 5.49. The molecule has 1 N–H and O–H groups in total. The third kappa shape index (κ3) is 5.79. The van der Waals surface area contributed by atoms with Gasteiger partial charge in [0.05, 0.1) is 4.92 Å². The van der Waals surface area contributed by atoms with Gasteiger partial charge in [-0.15, -0.1) is 0 Å². The molecule has 4 nitrogen and oxygen atoms in total. The van der Waals surface area contributed by atoms with Crippen molar-refractivity contribution in [3.63, 3.8) is 0 Å². The van der Waals surface area contributed by atoms with Gasteiger partial charge in [0.1, 0.15) is 5.82 Å². The van der Waals surface area contributed by atoms with Gasteiger partial charge in [0.25, 0.3) is 5.69 Å². The highest BCUT2D eigenvalue weighted by Crippen LogP contribution is 2.19. The first-order valence-electron chi connectivity index (χ1n) is 6.64. The quantitative estimate of drug-likeness (QED) is 0.445. The molecule has 0 unspecified atom stereocenters. The number of rotatable bonds is 8. The zero-order valence-corrected chi connectivity index (χ0v) is 11.5. The second kappa shape index (κ2) is 7.84. The Bertz CT molecular complexity index is 422. The fourth-order valence-electron chi connectivity index (χ4n) is 1.90. The number of halogens is 1. The van der Waals surface area contributed by atoms with E-state index in [0.29, 0.717) is 18.0 Å². The maximum atomic E-state index is 13.1. The monoisotopic (exact) mass is 268 g/mol. The van der Waals surface area contributed by atoms with Crippen LogP contribution >= 0.6 is 0 Å². The molecule has 0 amide bonds. The molecule has 0 aliphatic carbocycles. The topological polar surface area (TPSA) is 55.2 Å². The molecule has 0 aliphatic rings. The molecule has 1 aromatic carbocycles. The lowest BCUT2D eigenvalue weighted by molar-refractivity contribution is -0.385. The number of nitrogens with zero attached hydrogens (tertiary/aromatic N) is 1. The summed E-state index contributed by atoms with van der Waals surface area (Å²) in [6.07, 6.45) is 3.35. The van der Waals surface area contributed by atoms with Gasteiger partial charge in [-0.1, -0.05) is 26.7 Å². The molecule has 0 heterocycles. The lowest BCUT2D eigenvalue weighted by Gasteiger charge is -2.07. The zero-order valence-electron chi connectivity index (χ0n) is 11.5. The molecule has 106 valence electrons. The summed E-state index contributed by atoms with van der Waals surface area (Å²) in [7, 11) is 0. The molecule has 0 fully saturated rings. The number of unbranched alkanes of at least 4 members (excludes halogenated alkanes) is 1. The van der Waals surface area contributed by atoms with Gasteiger partial charge in [0, 0.05) is 18.2 Å². The first-order chi connectivity index (χ1) is 9.00. The van der Waals surface area contributed by atoms with Crippen LogP contribution in [0.15, 0.2) is 18.2 Å². The smallest absolute Gasteiger partial charge is 0.274 e. The summed E-state index contributed by atoms with van der Waals surface area (Å²) in [6, 6.07) is 3.55. The predicted octanol–water partition coefficient (Wildman–Crippen LogP) is 3.65. The molecular weight excluding hydrogens is 247 g/mol. The Balaban J connectivity index is 2.40. The fraction of sp³-hybridized carbons (Fsp3) is 0.571. The second-order valence-electron chi connectivity index (χ2n) is 5.10.